The Balaban J connectivity index is 1.81. The Morgan fingerprint density at radius 2 is 1.50 bits per heavy atom. The van der Waals surface area contributed by atoms with Crippen LogP contribution >= 0.6 is 0 Å². The third-order valence-electron chi connectivity index (χ3n) is 3.59. The SMILES string of the molecule is COc1ccc(C=CC(=O)NNC(=O)COc2ccccc2OC)cc1OC. The monoisotopic (exact) mass is 386 g/mol. The molecule has 0 fully saturated rings. The van der Waals surface area contributed by atoms with Gasteiger partial charge in [0.1, 0.15) is 0 Å². The van der Waals surface area contributed by atoms with Crippen LogP contribution in [-0.4, -0.2) is 39.8 Å². The number of hydrogen-bond acceptors (Lipinski definition) is 6. The average Bonchev–Trinajstić information content (AvgIpc) is 2.74. The molecule has 0 bridgehead atoms. The first-order valence-electron chi connectivity index (χ1n) is 8.32. The van der Waals surface area contributed by atoms with Crippen molar-refractivity contribution in [1.82, 2.24) is 10.9 Å². The molecule has 0 aliphatic rings. The van der Waals surface area contributed by atoms with Crippen LogP contribution < -0.4 is 29.8 Å². The topological polar surface area (TPSA) is 95.1 Å². The summed E-state index contributed by atoms with van der Waals surface area (Å²) in [5.74, 6) is 1.06. The maximum Gasteiger partial charge on any atom is 0.276 e. The van der Waals surface area contributed by atoms with Gasteiger partial charge in [-0.25, -0.2) is 0 Å². The molecule has 0 aliphatic heterocycles. The molecule has 2 amide bonds. The van der Waals surface area contributed by atoms with Gasteiger partial charge in [0, 0.05) is 6.08 Å². The van der Waals surface area contributed by atoms with E-state index in [0.717, 1.165) is 5.56 Å². The minimum Gasteiger partial charge on any atom is -0.493 e. The second kappa shape index (κ2) is 10.5. The van der Waals surface area contributed by atoms with E-state index in [1.54, 1.807) is 55.7 Å². The molecule has 2 N–H and O–H groups in total. The molecule has 148 valence electrons. The molecule has 28 heavy (non-hydrogen) atoms. The van der Waals surface area contributed by atoms with E-state index in [-0.39, 0.29) is 6.61 Å². The van der Waals surface area contributed by atoms with Crippen LogP contribution in [0.1, 0.15) is 5.56 Å². The predicted molar refractivity (Wildman–Crippen MR) is 103 cm³/mol. The summed E-state index contributed by atoms with van der Waals surface area (Å²) in [7, 11) is 4.58. The van der Waals surface area contributed by atoms with E-state index in [1.807, 2.05) is 0 Å². The Bertz CT molecular complexity index is 850. The quantitative estimate of drug-likeness (QED) is 0.532. The molecule has 0 unspecified atom stereocenters. The second-order valence-corrected chi connectivity index (χ2v) is 5.42. The predicted octanol–water partition coefficient (Wildman–Crippen LogP) is 1.95. The first-order valence-corrected chi connectivity index (χ1v) is 8.32. The van der Waals surface area contributed by atoms with Crippen LogP contribution in [0.4, 0.5) is 0 Å². The Kier molecular flexibility index (Phi) is 7.71. The number of carbonyl (C=O) groups is 2. The van der Waals surface area contributed by atoms with Gasteiger partial charge >= 0.3 is 0 Å². The number of rotatable bonds is 8. The number of nitrogens with one attached hydrogen (secondary N) is 2. The fourth-order valence-corrected chi connectivity index (χ4v) is 2.22. The molecule has 2 aromatic carbocycles. The molecule has 0 spiro atoms. The summed E-state index contributed by atoms with van der Waals surface area (Å²) < 4.78 is 20.9. The number of methoxy groups -OCH3 is 3. The third kappa shape index (κ3) is 5.94. The fourth-order valence-electron chi connectivity index (χ4n) is 2.22. The van der Waals surface area contributed by atoms with Crippen molar-refractivity contribution in [2.45, 2.75) is 0 Å². The van der Waals surface area contributed by atoms with Crippen LogP contribution in [0.25, 0.3) is 6.08 Å². The van der Waals surface area contributed by atoms with Crippen molar-refractivity contribution in [3.8, 4) is 23.0 Å². The summed E-state index contributed by atoms with van der Waals surface area (Å²) in [5, 5.41) is 0. The molecule has 0 radical (unpaired) electrons. The van der Waals surface area contributed by atoms with Gasteiger partial charge in [-0.05, 0) is 35.9 Å². The van der Waals surface area contributed by atoms with E-state index in [9.17, 15) is 9.59 Å². The number of hydrogen-bond donors (Lipinski definition) is 2. The van der Waals surface area contributed by atoms with Gasteiger partial charge in [-0.2, -0.15) is 0 Å². The molecule has 2 rings (SSSR count). The number of ether oxygens (including phenoxy) is 4. The largest absolute Gasteiger partial charge is 0.493 e. The molecular weight excluding hydrogens is 364 g/mol. The van der Waals surface area contributed by atoms with E-state index in [2.05, 4.69) is 10.9 Å². The summed E-state index contributed by atoms with van der Waals surface area (Å²) in [5.41, 5.74) is 5.28. The number of carbonyl (C=O) groups excluding carboxylic acids is 2. The standard InChI is InChI=1S/C20H22N2O6/c1-25-15-6-4-5-7-17(15)28-13-20(24)22-21-19(23)11-9-14-8-10-16(26-2)18(12-14)27-3/h4-12H,13H2,1-3H3,(H,21,23)(H,22,24). The zero-order valence-electron chi connectivity index (χ0n) is 15.9. The molecular formula is C20H22N2O6. The van der Waals surface area contributed by atoms with Crippen molar-refractivity contribution in [2.24, 2.45) is 0 Å². The van der Waals surface area contributed by atoms with E-state index in [4.69, 9.17) is 18.9 Å². The molecule has 8 nitrogen and oxygen atoms in total. The van der Waals surface area contributed by atoms with Crippen LogP contribution in [0.3, 0.4) is 0 Å². The van der Waals surface area contributed by atoms with Crippen molar-refractivity contribution >= 4 is 17.9 Å². The molecule has 0 heterocycles. The summed E-state index contributed by atoms with van der Waals surface area (Å²) >= 11 is 0. The lowest BCUT2D eigenvalue weighted by Crippen LogP contribution is -2.43. The minimum atomic E-state index is -0.515. The molecule has 0 aromatic heterocycles. The summed E-state index contributed by atoms with van der Waals surface area (Å²) in [6.45, 7) is -0.278. The van der Waals surface area contributed by atoms with Crippen molar-refractivity contribution in [2.75, 3.05) is 27.9 Å². The third-order valence-corrected chi connectivity index (χ3v) is 3.59. The highest BCUT2D eigenvalue weighted by molar-refractivity contribution is 5.93. The van der Waals surface area contributed by atoms with Crippen LogP contribution in [0.15, 0.2) is 48.5 Å². The summed E-state index contributed by atoms with van der Waals surface area (Å²) in [6, 6.07) is 12.2. The van der Waals surface area contributed by atoms with Gasteiger partial charge in [-0.15, -0.1) is 0 Å². The fraction of sp³-hybridized carbons (Fsp3) is 0.200. The van der Waals surface area contributed by atoms with Crippen molar-refractivity contribution < 1.29 is 28.5 Å². The van der Waals surface area contributed by atoms with Gasteiger partial charge in [0.25, 0.3) is 11.8 Å². The van der Waals surface area contributed by atoms with Crippen molar-refractivity contribution in [3.63, 3.8) is 0 Å². The van der Waals surface area contributed by atoms with Crippen molar-refractivity contribution in [1.29, 1.82) is 0 Å². The highest BCUT2D eigenvalue weighted by Crippen LogP contribution is 2.28. The van der Waals surface area contributed by atoms with Crippen LogP contribution in [0.2, 0.25) is 0 Å². The summed E-state index contributed by atoms with van der Waals surface area (Å²) in [6.07, 6.45) is 2.86. The Hall–Kier alpha value is -3.68. The molecule has 0 atom stereocenters. The lowest BCUT2D eigenvalue weighted by Gasteiger charge is -2.10. The number of hydrazine groups is 1. The lowest BCUT2D eigenvalue weighted by atomic mass is 10.2. The molecule has 0 saturated carbocycles. The van der Waals surface area contributed by atoms with E-state index < -0.39 is 11.8 Å². The maximum absolute atomic E-state index is 11.8. The van der Waals surface area contributed by atoms with Gasteiger partial charge < -0.3 is 18.9 Å². The highest BCUT2D eigenvalue weighted by atomic mass is 16.5. The number of benzene rings is 2. The Morgan fingerprint density at radius 1 is 0.857 bits per heavy atom. The molecule has 0 aliphatic carbocycles. The van der Waals surface area contributed by atoms with Gasteiger partial charge in [-0.3, -0.25) is 20.4 Å². The van der Waals surface area contributed by atoms with Gasteiger partial charge in [0.05, 0.1) is 21.3 Å². The smallest absolute Gasteiger partial charge is 0.276 e. The molecule has 8 heteroatoms. The second-order valence-electron chi connectivity index (χ2n) is 5.42. The van der Waals surface area contributed by atoms with E-state index in [0.29, 0.717) is 23.0 Å². The number of para-hydroxylation sites is 2. The first-order chi connectivity index (χ1) is 13.6. The maximum atomic E-state index is 11.8. The zero-order chi connectivity index (χ0) is 20.4. The van der Waals surface area contributed by atoms with Crippen LogP contribution in [-0.2, 0) is 9.59 Å². The lowest BCUT2D eigenvalue weighted by molar-refractivity contribution is -0.128. The first kappa shape index (κ1) is 20.6. The van der Waals surface area contributed by atoms with Gasteiger partial charge in [0.2, 0.25) is 0 Å². The zero-order valence-corrected chi connectivity index (χ0v) is 15.9. The molecule has 0 saturated heterocycles. The summed E-state index contributed by atoms with van der Waals surface area (Å²) in [4.78, 5) is 23.6. The van der Waals surface area contributed by atoms with Crippen LogP contribution in [0.5, 0.6) is 23.0 Å². The minimum absolute atomic E-state index is 0.278. The van der Waals surface area contributed by atoms with E-state index in [1.165, 1.54) is 20.3 Å². The highest BCUT2D eigenvalue weighted by Gasteiger charge is 2.07. The normalized spacial score (nSPS) is 10.2. The number of amides is 2. The van der Waals surface area contributed by atoms with Crippen molar-refractivity contribution in [3.05, 3.63) is 54.1 Å². The Morgan fingerprint density at radius 3 is 2.18 bits per heavy atom. The van der Waals surface area contributed by atoms with E-state index >= 15 is 0 Å². The Labute approximate surface area is 163 Å². The molecule has 2 aromatic rings. The van der Waals surface area contributed by atoms with Gasteiger partial charge in [0.15, 0.2) is 29.6 Å². The average molecular weight is 386 g/mol. The van der Waals surface area contributed by atoms with Crippen LogP contribution in [0, 0.1) is 0 Å². The van der Waals surface area contributed by atoms with Gasteiger partial charge in [-0.1, -0.05) is 18.2 Å².